The number of nitrogens with zero attached hydrogens (tertiary/aromatic N) is 1. The largest absolute Gasteiger partial charge is 0.497 e. The number of anilines is 1. The molecule has 3 N–H and O–H groups in total. The number of carbonyl (C=O) groups is 2. The number of benzene rings is 1. The fourth-order valence-electron chi connectivity index (χ4n) is 1.96. The number of rotatable bonds is 7. The highest BCUT2D eigenvalue weighted by molar-refractivity contribution is 7.13. The number of amides is 2. The first kappa shape index (κ1) is 16.8. The maximum absolute atomic E-state index is 12.1. The molecule has 1 heterocycles. The van der Waals surface area contributed by atoms with Crippen molar-refractivity contribution in [3.63, 3.8) is 0 Å². The van der Waals surface area contributed by atoms with E-state index in [2.05, 4.69) is 10.3 Å². The molecule has 2 rings (SSSR count). The van der Waals surface area contributed by atoms with Crippen LogP contribution in [0.3, 0.4) is 0 Å². The quantitative estimate of drug-likeness (QED) is 0.795. The molecule has 0 radical (unpaired) electrons. The number of nitrogens with one attached hydrogen (secondary N) is 1. The monoisotopic (exact) mass is 335 g/mol. The first-order chi connectivity index (χ1) is 11.0. The summed E-state index contributed by atoms with van der Waals surface area (Å²) in [7, 11) is 3.10. The van der Waals surface area contributed by atoms with Gasteiger partial charge in [0, 0.05) is 17.0 Å². The third kappa shape index (κ3) is 4.68. The van der Waals surface area contributed by atoms with E-state index >= 15 is 0 Å². The molecule has 0 saturated carbocycles. The van der Waals surface area contributed by atoms with Crippen molar-refractivity contribution in [3.05, 3.63) is 34.8 Å². The minimum Gasteiger partial charge on any atom is -0.497 e. The van der Waals surface area contributed by atoms with Gasteiger partial charge in [0.25, 0.3) is 0 Å². The summed E-state index contributed by atoms with van der Waals surface area (Å²) in [6.07, 6.45) is 0.191. The number of thiazole rings is 1. The van der Waals surface area contributed by atoms with Crippen molar-refractivity contribution in [1.29, 1.82) is 0 Å². The van der Waals surface area contributed by atoms with Crippen LogP contribution in [0.15, 0.2) is 23.6 Å². The molecule has 0 aliphatic carbocycles. The van der Waals surface area contributed by atoms with Crippen LogP contribution >= 0.6 is 11.3 Å². The Morgan fingerprint density at radius 1 is 1.26 bits per heavy atom. The normalized spacial score (nSPS) is 10.2. The van der Waals surface area contributed by atoms with Gasteiger partial charge in [-0.2, -0.15) is 0 Å². The molecule has 2 amide bonds. The molecule has 0 fully saturated rings. The predicted octanol–water partition coefficient (Wildman–Crippen LogP) is 1.37. The van der Waals surface area contributed by atoms with Gasteiger partial charge in [0.1, 0.15) is 11.5 Å². The summed E-state index contributed by atoms with van der Waals surface area (Å²) in [5.74, 6) is 0.541. The van der Waals surface area contributed by atoms with E-state index in [4.69, 9.17) is 15.2 Å². The Morgan fingerprint density at radius 3 is 2.70 bits per heavy atom. The maximum Gasteiger partial charge on any atom is 0.230 e. The lowest BCUT2D eigenvalue weighted by Crippen LogP contribution is -2.16. The second-order valence-corrected chi connectivity index (χ2v) is 5.55. The summed E-state index contributed by atoms with van der Waals surface area (Å²) in [6, 6.07) is 5.26. The van der Waals surface area contributed by atoms with E-state index in [9.17, 15) is 9.59 Å². The lowest BCUT2D eigenvalue weighted by molar-refractivity contribution is -0.117. The van der Waals surface area contributed by atoms with E-state index in [-0.39, 0.29) is 18.7 Å². The van der Waals surface area contributed by atoms with Crippen molar-refractivity contribution in [1.82, 2.24) is 4.98 Å². The molecule has 0 atom stereocenters. The fourth-order valence-corrected chi connectivity index (χ4v) is 2.68. The third-order valence-electron chi connectivity index (χ3n) is 3.00. The van der Waals surface area contributed by atoms with E-state index in [1.807, 2.05) is 0 Å². The molecule has 0 aliphatic rings. The number of hydrogen-bond acceptors (Lipinski definition) is 6. The summed E-state index contributed by atoms with van der Waals surface area (Å²) in [6.45, 7) is 0. The summed E-state index contributed by atoms with van der Waals surface area (Å²) in [5, 5.41) is 4.81. The van der Waals surface area contributed by atoms with Gasteiger partial charge in [0.05, 0.1) is 32.8 Å². The van der Waals surface area contributed by atoms with Gasteiger partial charge in [-0.05, 0) is 6.07 Å². The van der Waals surface area contributed by atoms with Gasteiger partial charge >= 0.3 is 0 Å². The molecular formula is C15H17N3O4S. The first-order valence-electron chi connectivity index (χ1n) is 6.75. The summed E-state index contributed by atoms with van der Waals surface area (Å²) < 4.78 is 10.4. The smallest absolute Gasteiger partial charge is 0.230 e. The summed E-state index contributed by atoms with van der Waals surface area (Å²) >= 11 is 1.24. The fraction of sp³-hybridized carbons (Fsp3) is 0.267. The average Bonchev–Trinajstić information content (AvgIpc) is 2.93. The van der Waals surface area contributed by atoms with Crippen molar-refractivity contribution in [3.8, 4) is 11.5 Å². The van der Waals surface area contributed by atoms with Crippen molar-refractivity contribution in [2.24, 2.45) is 5.73 Å². The van der Waals surface area contributed by atoms with Crippen LogP contribution < -0.4 is 20.5 Å². The number of hydrogen-bond donors (Lipinski definition) is 2. The zero-order valence-corrected chi connectivity index (χ0v) is 13.6. The van der Waals surface area contributed by atoms with Crippen LogP contribution in [-0.4, -0.2) is 31.0 Å². The molecule has 122 valence electrons. The van der Waals surface area contributed by atoms with Gasteiger partial charge in [-0.3, -0.25) is 9.59 Å². The highest BCUT2D eigenvalue weighted by Gasteiger charge is 2.12. The SMILES string of the molecule is COc1ccc(CC(=O)Nc2nc(CC(N)=O)cs2)c(OC)c1. The Hall–Kier alpha value is -2.61. The van der Waals surface area contributed by atoms with Crippen molar-refractivity contribution < 1.29 is 19.1 Å². The zero-order chi connectivity index (χ0) is 16.8. The van der Waals surface area contributed by atoms with Crippen LogP contribution in [0.1, 0.15) is 11.3 Å². The Bertz CT molecular complexity index is 714. The zero-order valence-electron chi connectivity index (χ0n) is 12.8. The van der Waals surface area contributed by atoms with Gasteiger partial charge in [-0.25, -0.2) is 4.98 Å². The highest BCUT2D eigenvalue weighted by Crippen LogP contribution is 2.25. The lowest BCUT2D eigenvalue weighted by atomic mass is 10.1. The van der Waals surface area contributed by atoms with Crippen LogP contribution in [0.25, 0.3) is 0 Å². The first-order valence-corrected chi connectivity index (χ1v) is 7.63. The molecule has 0 spiro atoms. The summed E-state index contributed by atoms with van der Waals surface area (Å²) in [5.41, 5.74) is 6.38. The van der Waals surface area contributed by atoms with Gasteiger partial charge in [-0.15, -0.1) is 11.3 Å². The van der Waals surface area contributed by atoms with Crippen molar-refractivity contribution in [2.75, 3.05) is 19.5 Å². The molecule has 7 nitrogen and oxygen atoms in total. The highest BCUT2D eigenvalue weighted by atomic mass is 32.1. The molecule has 1 aromatic heterocycles. The van der Waals surface area contributed by atoms with Crippen LogP contribution in [0.2, 0.25) is 0 Å². The van der Waals surface area contributed by atoms with Crippen LogP contribution in [-0.2, 0) is 22.4 Å². The van der Waals surface area contributed by atoms with Gasteiger partial charge in [0.15, 0.2) is 5.13 Å². The Morgan fingerprint density at radius 2 is 2.04 bits per heavy atom. The molecule has 0 saturated heterocycles. The minimum atomic E-state index is -0.462. The lowest BCUT2D eigenvalue weighted by Gasteiger charge is -2.10. The van der Waals surface area contributed by atoms with E-state index < -0.39 is 5.91 Å². The predicted molar refractivity (Wildman–Crippen MR) is 86.9 cm³/mol. The Kier molecular flexibility index (Phi) is 5.53. The van der Waals surface area contributed by atoms with E-state index in [1.165, 1.54) is 18.4 Å². The topological polar surface area (TPSA) is 104 Å². The van der Waals surface area contributed by atoms with Gasteiger partial charge < -0.3 is 20.5 Å². The maximum atomic E-state index is 12.1. The number of aromatic nitrogens is 1. The van der Waals surface area contributed by atoms with E-state index in [1.54, 1.807) is 30.7 Å². The second-order valence-electron chi connectivity index (χ2n) is 4.69. The third-order valence-corrected chi connectivity index (χ3v) is 3.81. The minimum absolute atomic E-state index is 0.0542. The molecule has 23 heavy (non-hydrogen) atoms. The summed E-state index contributed by atoms with van der Waals surface area (Å²) in [4.78, 5) is 27.1. The molecule has 2 aromatic rings. The molecule has 0 unspecified atom stereocenters. The number of carbonyl (C=O) groups excluding carboxylic acids is 2. The van der Waals surface area contributed by atoms with E-state index in [0.717, 1.165) is 5.56 Å². The molecule has 8 heteroatoms. The Labute approximate surface area is 137 Å². The van der Waals surface area contributed by atoms with Crippen LogP contribution in [0.5, 0.6) is 11.5 Å². The van der Waals surface area contributed by atoms with E-state index in [0.29, 0.717) is 22.3 Å². The van der Waals surface area contributed by atoms with Crippen molar-refractivity contribution in [2.45, 2.75) is 12.8 Å². The van der Waals surface area contributed by atoms with Gasteiger partial charge in [0.2, 0.25) is 11.8 Å². The van der Waals surface area contributed by atoms with Crippen molar-refractivity contribution >= 4 is 28.3 Å². The second kappa shape index (κ2) is 7.59. The molecular weight excluding hydrogens is 318 g/mol. The molecule has 1 aromatic carbocycles. The van der Waals surface area contributed by atoms with Gasteiger partial charge in [-0.1, -0.05) is 6.07 Å². The number of primary amides is 1. The standard InChI is InChI=1S/C15H17N3O4S/c1-21-11-4-3-9(12(7-11)22-2)5-14(20)18-15-17-10(8-23-15)6-13(16)19/h3-4,7-8H,5-6H2,1-2H3,(H2,16,19)(H,17,18,20). The number of nitrogens with two attached hydrogens (primary N) is 1. The average molecular weight is 335 g/mol. The Balaban J connectivity index is 2.02. The molecule has 0 aliphatic heterocycles. The number of ether oxygens (including phenoxy) is 2. The van der Waals surface area contributed by atoms with Crippen LogP contribution in [0, 0.1) is 0 Å². The molecule has 0 bridgehead atoms. The van der Waals surface area contributed by atoms with Crippen LogP contribution in [0.4, 0.5) is 5.13 Å². The number of methoxy groups -OCH3 is 2.